The van der Waals surface area contributed by atoms with Crippen molar-refractivity contribution in [1.82, 2.24) is 5.32 Å². The Morgan fingerprint density at radius 2 is 2.22 bits per heavy atom. The molecular weight excluding hydrogens is 250 g/mol. The van der Waals surface area contributed by atoms with Crippen LogP contribution in [0.5, 0.6) is 0 Å². The lowest BCUT2D eigenvalue weighted by Gasteiger charge is -2.08. The molecule has 1 aromatic carbocycles. The number of nitrogen functional groups attached to an aromatic ring is 1. The van der Waals surface area contributed by atoms with Gasteiger partial charge in [0.15, 0.2) is 0 Å². The van der Waals surface area contributed by atoms with Gasteiger partial charge in [0.05, 0.1) is 16.3 Å². The van der Waals surface area contributed by atoms with E-state index < -0.39 is 0 Å². The van der Waals surface area contributed by atoms with Crippen molar-refractivity contribution in [3.63, 3.8) is 0 Å². The number of hydrogen-bond acceptors (Lipinski definition) is 5. The Morgan fingerprint density at radius 1 is 1.44 bits per heavy atom. The highest BCUT2D eigenvalue weighted by atomic mass is 32.2. The van der Waals surface area contributed by atoms with Gasteiger partial charge in [-0.1, -0.05) is 6.07 Å². The van der Waals surface area contributed by atoms with Crippen molar-refractivity contribution in [2.75, 3.05) is 17.6 Å². The van der Waals surface area contributed by atoms with Crippen molar-refractivity contribution in [2.45, 2.75) is 6.92 Å². The summed E-state index contributed by atoms with van der Waals surface area (Å²) in [5.74, 6) is -0.355. The van der Waals surface area contributed by atoms with Crippen LogP contribution in [-0.2, 0) is 4.79 Å². The Bertz CT molecular complexity index is 540. The van der Waals surface area contributed by atoms with Crippen molar-refractivity contribution in [2.24, 2.45) is 0 Å². The molecule has 0 radical (unpaired) electrons. The number of hydrogen-bond donors (Lipinski definition) is 3. The van der Waals surface area contributed by atoms with Crippen LogP contribution in [0.15, 0.2) is 23.1 Å². The zero-order valence-electron chi connectivity index (χ0n) is 9.82. The monoisotopic (exact) mass is 263 g/mol. The van der Waals surface area contributed by atoms with Gasteiger partial charge in [-0.25, -0.2) is 0 Å². The van der Waals surface area contributed by atoms with Gasteiger partial charge in [0.2, 0.25) is 0 Å². The first kappa shape index (κ1) is 12.5. The van der Waals surface area contributed by atoms with Crippen LogP contribution in [-0.4, -0.2) is 17.7 Å². The number of nitrogens with one attached hydrogen (secondary N) is 2. The quantitative estimate of drug-likeness (QED) is 0.574. The standard InChI is InChI=1S/C12H13N3O2S/c1-2-14-9-5-7(3-4-8(9)13)6-10-11(16)15-12(17)18-10/h3-6,14H,2,13H2,1H3,(H,15,16,17). The molecular formula is C12H13N3O2S. The molecule has 4 N–H and O–H groups in total. The summed E-state index contributed by atoms with van der Waals surface area (Å²) in [7, 11) is 0. The fourth-order valence-electron chi connectivity index (χ4n) is 1.58. The van der Waals surface area contributed by atoms with Crippen LogP contribution in [0, 0.1) is 0 Å². The molecule has 1 fully saturated rings. The lowest BCUT2D eigenvalue weighted by Crippen LogP contribution is -2.17. The Hall–Kier alpha value is -1.95. The number of carbonyl (C=O) groups is 2. The molecule has 0 unspecified atom stereocenters. The molecule has 0 atom stereocenters. The van der Waals surface area contributed by atoms with Crippen LogP contribution in [0.25, 0.3) is 6.08 Å². The van der Waals surface area contributed by atoms with Crippen LogP contribution < -0.4 is 16.4 Å². The first-order chi connectivity index (χ1) is 8.60. The molecule has 2 amide bonds. The Kier molecular flexibility index (Phi) is 3.57. The highest BCUT2D eigenvalue weighted by molar-refractivity contribution is 8.18. The van der Waals surface area contributed by atoms with E-state index in [1.807, 2.05) is 13.0 Å². The van der Waals surface area contributed by atoms with Gasteiger partial charge in [-0.3, -0.25) is 14.9 Å². The average molecular weight is 263 g/mol. The number of nitrogens with two attached hydrogens (primary N) is 1. The Morgan fingerprint density at radius 3 is 2.83 bits per heavy atom. The normalized spacial score (nSPS) is 17.1. The zero-order chi connectivity index (χ0) is 13.1. The summed E-state index contributed by atoms with van der Waals surface area (Å²) in [5.41, 5.74) is 8.11. The van der Waals surface area contributed by atoms with Gasteiger partial charge in [0.1, 0.15) is 0 Å². The summed E-state index contributed by atoms with van der Waals surface area (Å²) in [4.78, 5) is 22.8. The third-order valence-electron chi connectivity index (χ3n) is 2.38. The van der Waals surface area contributed by atoms with Crippen molar-refractivity contribution < 1.29 is 9.59 Å². The van der Waals surface area contributed by atoms with Crippen molar-refractivity contribution in [3.05, 3.63) is 28.7 Å². The van der Waals surface area contributed by atoms with Gasteiger partial charge in [0.25, 0.3) is 11.1 Å². The molecule has 0 bridgehead atoms. The van der Waals surface area contributed by atoms with Gasteiger partial charge in [0, 0.05) is 6.54 Å². The van der Waals surface area contributed by atoms with E-state index in [2.05, 4.69) is 10.6 Å². The maximum Gasteiger partial charge on any atom is 0.290 e. The molecule has 5 nitrogen and oxygen atoms in total. The van der Waals surface area contributed by atoms with Crippen LogP contribution >= 0.6 is 11.8 Å². The van der Waals surface area contributed by atoms with Gasteiger partial charge >= 0.3 is 0 Å². The van der Waals surface area contributed by atoms with E-state index in [-0.39, 0.29) is 11.1 Å². The van der Waals surface area contributed by atoms with Crippen LogP contribution in [0.1, 0.15) is 12.5 Å². The minimum atomic E-state index is -0.355. The van der Waals surface area contributed by atoms with E-state index in [1.54, 1.807) is 18.2 Å². The lowest BCUT2D eigenvalue weighted by molar-refractivity contribution is -0.115. The molecule has 6 heteroatoms. The topological polar surface area (TPSA) is 84.2 Å². The fraction of sp³-hybridized carbons (Fsp3) is 0.167. The van der Waals surface area contributed by atoms with Gasteiger partial charge in [-0.15, -0.1) is 0 Å². The number of benzene rings is 1. The zero-order valence-corrected chi connectivity index (χ0v) is 10.6. The Labute approximate surface area is 109 Å². The first-order valence-electron chi connectivity index (χ1n) is 5.48. The number of thioether (sulfide) groups is 1. The maximum atomic E-state index is 11.4. The number of rotatable bonds is 3. The first-order valence-corrected chi connectivity index (χ1v) is 6.30. The fourth-order valence-corrected chi connectivity index (χ4v) is 2.26. The average Bonchev–Trinajstić information content (AvgIpc) is 2.62. The molecule has 0 aliphatic carbocycles. The van der Waals surface area contributed by atoms with Crippen LogP contribution in [0.3, 0.4) is 0 Å². The van der Waals surface area contributed by atoms with Gasteiger partial charge in [-0.05, 0) is 42.5 Å². The van der Waals surface area contributed by atoms with Gasteiger partial charge < -0.3 is 11.1 Å². The summed E-state index contributed by atoms with van der Waals surface area (Å²) in [6, 6.07) is 5.42. The van der Waals surface area contributed by atoms with E-state index in [9.17, 15) is 9.59 Å². The number of amides is 2. The van der Waals surface area contributed by atoms with Crippen molar-refractivity contribution in [3.8, 4) is 0 Å². The smallest absolute Gasteiger partial charge is 0.290 e. The number of anilines is 2. The van der Waals surface area contributed by atoms with E-state index in [0.29, 0.717) is 10.6 Å². The third-order valence-corrected chi connectivity index (χ3v) is 3.19. The summed E-state index contributed by atoms with van der Waals surface area (Å²) >= 11 is 0.902. The molecule has 1 aromatic rings. The van der Waals surface area contributed by atoms with E-state index in [4.69, 9.17) is 5.73 Å². The predicted molar refractivity (Wildman–Crippen MR) is 74.1 cm³/mol. The molecule has 1 saturated heterocycles. The molecule has 1 aliphatic heterocycles. The van der Waals surface area contributed by atoms with E-state index >= 15 is 0 Å². The summed E-state index contributed by atoms with van der Waals surface area (Å²) < 4.78 is 0. The van der Waals surface area contributed by atoms with Crippen LogP contribution in [0.2, 0.25) is 0 Å². The molecule has 2 rings (SSSR count). The lowest BCUT2D eigenvalue weighted by atomic mass is 10.1. The van der Waals surface area contributed by atoms with Gasteiger partial charge in [-0.2, -0.15) is 0 Å². The second kappa shape index (κ2) is 5.14. The highest BCUT2D eigenvalue weighted by Crippen LogP contribution is 2.27. The second-order valence-corrected chi connectivity index (χ2v) is 4.74. The SMILES string of the molecule is CCNc1cc(C=C2SC(=O)NC2=O)ccc1N. The molecule has 18 heavy (non-hydrogen) atoms. The molecule has 0 spiro atoms. The summed E-state index contributed by atoms with van der Waals surface area (Å²) in [6.45, 7) is 2.74. The minimum Gasteiger partial charge on any atom is -0.397 e. The van der Waals surface area contributed by atoms with Crippen LogP contribution in [0.4, 0.5) is 16.2 Å². The van der Waals surface area contributed by atoms with E-state index in [0.717, 1.165) is 29.6 Å². The van der Waals surface area contributed by atoms with Crippen molar-refractivity contribution >= 4 is 40.4 Å². The maximum absolute atomic E-state index is 11.4. The largest absolute Gasteiger partial charge is 0.397 e. The highest BCUT2D eigenvalue weighted by Gasteiger charge is 2.24. The van der Waals surface area contributed by atoms with Crippen molar-refractivity contribution in [1.29, 1.82) is 0 Å². The molecule has 0 aromatic heterocycles. The predicted octanol–water partition coefficient (Wildman–Crippen LogP) is 2.02. The molecule has 1 aliphatic rings. The molecule has 1 heterocycles. The Balaban J connectivity index is 2.29. The summed E-state index contributed by atoms with van der Waals surface area (Å²) in [6.07, 6.45) is 1.67. The number of carbonyl (C=O) groups excluding carboxylic acids is 2. The third kappa shape index (κ3) is 2.65. The molecule has 0 saturated carbocycles. The molecule has 94 valence electrons. The van der Waals surface area contributed by atoms with E-state index in [1.165, 1.54) is 0 Å². The minimum absolute atomic E-state index is 0.339. The second-order valence-electron chi connectivity index (χ2n) is 3.73. The number of imide groups is 1. The summed E-state index contributed by atoms with van der Waals surface area (Å²) in [5, 5.41) is 5.01.